The van der Waals surface area contributed by atoms with Crippen LogP contribution >= 0.6 is 0 Å². The SMILES string of the molecule is CC(C)n1ccc2c(OCC(=O)N3CCN(S(C)(=O)=O)CC3)cccc21. The summed E-state index contributed by atoms with van der Waals surface area (Å²) in [6.07, 6.45) is 3.21. The van der Waals surface area contributed by atoms with Crippen LogP contribution in [0.5, 0.6) is 5.75 Å². The van der Waals surface area contributed by atoms with E-state index in [-0.39, 0.29) is 12.5 Å². The van der Waals surface area contributed by atoms with E-state index < -0.39 is 10.0 Å². The first kappa shape index (κ1) is 18.7. The van der Waals surface area contributed by atoms with Gasteiger partial charge in [-0.15, -0.1) is 0 Å². The van der Waals surface area contributed by atoms with Crippen LogP contribution in [0.2, 0.25) is 0 Å². The van der Waals surface area contributed by atoms with Gasteiger partial charge in [-0.05, 0) is 32.0 Å². The minimum absolute atomic E-state index is 0.0507. The van der Waals surface area contributed by atoms with Crippen LogP contribution in [-0.2, 0) is 14.8 Å². The molecule has 26 heavy (non-hydrogen) atoms. The number of amides is 1. The molecule has 0 spiro atoms. The van der Waals surface area contributed by atoms with E-state index in [4.69, 9.17) is 4.74 Å². The number of piperazine rings is 1. The maximum atomic E-state index is 12.4. The number of nitrogens with zero attached hydrogens (tertiary/aromatic N) is 3. The fraction of sp³-hybridized carbons (Fsp3) is 0.500. The zero-order valence-corrected chi connectivity index (χ0v) is 16.2. The molecular formula is C18H25N3O4S. The fourth-order valence-corrected chi connectivity index (χ4v) is 4.06. The Hall–Kier alpha value is -2.06. The van der Waals surface area contributed by atoms with Crippen LogP contribution in [0.4, 0.5) is 0 Å². The molecular weight excluding hydrogens is 354 g/mol. The van der Waals surface area contributed by atoms with Crippen LogP contribution < -0.4 is 4.74 Å². The number of fused-ring (bicyclic) bond motifs is 1. The van der Waals surface area contributed by atoms with Crippen molar-refractivity contribution in [3.63, 3.8) is 0 Å². The molecule has 0 saturated carbocycles. The monoisotopic (exact) mass is 379 g/mol. The maximum absolute atomic E-state index is 12.4. The molecule has 2 aromatic rings. The molecule has 1 aromatic carbocycles. The Kier molecular flexibility index (Phi) is 5.24. The van der Waals surface area contributed by atoms with Gasteiger partial charge in [-0.1, -0.05) is 6.07 Å². The van der Waals surface area contributed by atoms with Crippen molar-refractivity contribution < 1.29 is 17.9 Å². The van der Waals surface area contributed by atoms with Crippen LogP contribution in [0, 0.1) is 0 Å². The van der Waals surface area contributed by atoms with Gasteiger partial charge in [0.05, 0.1) is 11.8 Å². The molecule has 1 saturated heterocycles. The molecule has 0 radical (unpaired) electrons. The van der Waals surface area contributed by atoms with Crippen molar-refractivity contribution in [2.75, 3.05) is 39.0 Å². The van der Waals surface area contributed by atoms with E-state index in [0.29, 0.717) is 38.0 Å². The minimum atomic E-state index is -3.20. The lowest BCUT2D eigenvalue weighted by molar-refractivity contribution is -0.134. The summed E-state index contributed by atoms with van der Waals surface area (Å²) in [5.41, 5.74) is 1.08. The van der Waals surface area contributed by atoms with Crippen molar-refractivity contribution in [3.8, 4) is 5.75 Å². The van der Waals surface area contributed by atoms with Crippen molar-refractivity contribution in [2.45, 2.75) is 19.9 Å². The number of carbonyl (C=O) groups is 1. The molecule has 7 nitrogen and oxygen atoms in total. The second-order valence-electron chi connectivity index (χ2n) is 6.84. The van der Waals surface area contributed by atoms with Gasteiger partial charge >= 0.3 is 0 Å². The molecule has 0 aliphatic carbocycles. The number of sulfonamides is 1. The van der Waals surface area contributed by atoms with E-state index in [9.17, 15) is 13.2 Å². The summed E-state index contributed by atoms with van der Waals surface area (Å²) in [5.74, 6) is 0.559. The Labute approximate surface area is 154 Å². The predicted octanol–water partition coefficient (Wildman–Crippen LogP) is 1.70. The molecule has 1 aromatic heterocycles. The van der Waals surface area contributed by atoms with Gasteiger partial charge < -0.3 is 14.2 Å². The lowest BCUT2D eigenvalue weighted by Crippen LogP contribution is -2.51. The van der Waals surface area contributed by atoms with Gasteiger partial charge in [-0.2, -0.15) is 4.31 Å². The highest BCUT2D eigenvalue weighted by atomic mass is 32.2. The first-order valence-electron chi connectivity index (χ1n) is 8.72. The topological polar surface area (TPSA) is 71.8 Å². The van der Waals surface area contributed by atoms with Crippen LogP contribution in [0.15, 0.2) is 30.5 Å². The minimum Gasteiger partial charge on any atom is -0.483 e. The third-order valence-corrected chi connectivity index (χ3v) is 5.99. The van der Waals surface area contributed by atoms with Crippen LogP contribution in [-0.4, -0.2) is 67.1 Å². The first-order chi connectivity index (χ1) is 12.3. The van der Waals surface area contributed by atoms with E-state index in [1.54, 1.807) is 4.90 Å². The Bertz CT molecular complexity index is 896. The normalized spacial score (nSPS) is 16.4. The molecule has 1 fully saturated rings. The van der Waals surface area contributed by atoms with E-state index >= 15 is 0 Å². The number of hydrogen-bond acceptors (Lipinski definition) is 4. The number of rotatable bonds is 5. The van der Waals surface area contributed by atoms with Gasteiger partial charge in [0, 0.05) is 43.8 Å². The molecule has 1 aliphatic rings. The molecule has 0 bridgehead atoms. The van der Waals surface area contributed by atoms with Crippen LogP contribution in [0.3, 0.4) is 0 Å². The number of ether oxygens (including phenoxy) is 1. The average molecular weight is 379 g/mol. The zero-order valence-electron chi connectivity index (χ0n) is 15.4. The van der Waals surface area contributed by atoms with Gasteiger partial charge in [0.15, 0.2) is 6.61 Å². The third-order valence-electron chi connectivity index (χ3n) is 4.69. The Balaban J connectivity index is 1.63. The summed E-state index contributed by atoms with van der Waals surface area (Å²) in [5, 5.41) is 0.982. The third kappa shape index (κ3) is 3.86. The molecule has 0 N–H and O–H groups in total. The largest absolute Gasteiger partial charge is 0.483 e. The Morgan fingerprint density at radius 3 is 2.46 bits per heavy atom. The van der Waals surface area contributed by atoms with Crippen molar-refractivity contribution in [3.05, 3.63) is 30.5 Å². The van der Waals surface area contributed by atoms with Crippen molar-refractivity contribution in [2.24, 2.45) is 0 Å². The molecule has 1 aliphatic heterocycles. The van der Waals surface area contributed by atoms with Gasteiger partial charge in [-0.25, -0.2) is 8.42 Å². The summed E-state index contributed by atoms with van der Waals surface area (Å²) in [6.45, 7) is 5.63. The smallest absolute Gasteiger partial charge is 0.260 e. The predicted molar refractivity (Wildman–Crippen MR) is 101 cm³/mol. The van der Waals surface area contributed by atoms with Crippen molar-refractivity contribution in [1.29, 1.82) is 0 Å². The highest BCUT2D eigenvalue weighted by molar-refractivity contribution is 7.88. The maximum Gasteiger partial charge on any atom is 0.260 e. The van der Waals surface area contributed by atoms with Gasteiger partial charge in [0.1, 0.15) is 5.75 Å². The summed E-state index contributed by atoms with van der Waals surface area (Å²) in [7, 11) is -3.20. The quantitative estimate of drug-likeness (QED) is 0.793. The standard InChI is InChI=1S/C18H25N3O4S/c1-14(2)21-8-7-15-16(21)5-4-6-17(15)25-13-18(22)19-9-11-20(12-10-19)26(3,23)24/h4-8,14H,9-13H2,1-3H3. The van der Waals surface area contributed by atoms with E-state index in [1.807, 2.05) is 30.5 Å². The molecule has 0 atom stereocenters. The molecule has 1 amide bonds. The summed E-state index contributed by atoms with van der Waals surface area (Å²) in [4.78, 5) is 14.1. The van der Waals surface area contributed by atoms with E-state index in [2.05, 4.69) is 18.4 Å². The summed E-state index contributed by atoms with van der Waals surface area (Å²) in [6, 6.07) is 8.16. The second kappa shape index (κ2) is 7.28. The summed E-state index contributed by atoms with van der Waals surface area (Å²) < 4.78 is 32.4. The zero-order chi connectivity index (χ0) is 18.9. The van der Waals surface area contributed by atoms with Gasteiger partial charge in [-0.3, -0.25) is 4.79 Å². The number of aromatic nitrogens is 1. The highest BCUT2D eigenvalue weighted by Gasteiger charge is 2.26. The molecule has 8 heteroatoms. The highest BCUT2D eigenvalue weighted by Crippen LogP contribution is 2.28. The van der Waals surface area contributed by atoms with Crippen molar-refractivity contribution >= 4 is 26.8 Å². The van der Waals surface area contributed by atoms with Crippen LogP contribution in [0.1, 0.15) is 19.9 Å². The number of benzene rings is 1. The molecule has 3 rings (SSSR count). The molecule has 2 heterocycles. The van der Waals surface area contributed by atoms with E-state index in [0.717, 1.165) is 10.9 Å². The Morgan fingerprint density at radius 1 is 1.15 bits per heavy atom. The number of hydrogen-bond donors (Lipinski definition) is 0. The lowest BCUT2D eigenvalue weighted by Gasteiger charge is -2.33. The van der Waals surface area contributed by atoms with Crippen LogP contribution in [0.25, 0.3) is 10.9 Å². The fourth-order valence-electron chi connectivity index (χ4n) is 3.24. The second-order valence-corrected chi connectivity index (χ2v) is 8.82. The average Bonchev–Trinajstić information content (AvgIpc) is 3.04. The lowest BCUT2D eigenvalue weighted by atomic mass is 10.2. The first-order valence-corrected chi connectivity index (χ1v) is 10.6. The van der Waals surface area contributed by atoms with Gasteiger partial charge in [0.25, 0.3) is 5.91 Å². The Morgan fingerprint density at radius 2 is 1.85 bits per heavy atom. The van der Waals surface area contributed by atoms with Gasteiger partial charge in [0.2, 0.25) is 10.0 Å². The van der Waals surface area contributed by atoms with Crippen molar-refractivity contribution in [1.82, 2.24) is 13.8 Å². The van der Waals surface area contributed by atoms with E-state index in [1.165, 1.54) is 10.6 Å². The molecule has 142 valence electrons. The number of carbonyl (C=O) groups excluding carboxylic acids is 1. The molecule has 0 unspecified atom stereocenters. The summed E-state index contributed by atoms with van der Waals surface area (Å²) >= 11 is 0.